The summed E-state index contributed by atoms with van der Waals surface area (Å²) < 4.78 is 1.97. The molecule has 3 heterocycles. The van der Waals surface area contributed by atoms with Gasteiger partial charge in [0.05, 0.1) is 11.4 Å². The molecule has 5 N–H and O–H groups in total. The van der Waals surface area contributed by atoms with Crippen LogP contribution in [0.4, 0.5) is 11.6 Å². The molecule has 5 atom stereocenters. The van der Waals surface area contributed by atoms with Gasteiger partial charge in [-0.2, -0.15) is 10.2 Å². The Morgan fingerprint density at radius 3 is 2.79 bits per heavy atom. The Hall–Kier alpha value is -2.68. The highest BCUT2D eigenvalue weighted by Crippen LogP contribution is 2.64. The van der Waals surface area contributed by atoms with Gasteiger partial charge in [-0.05, 0) is 42.9 Å². The molecule has 3 saturated carbocycles. The topological polar surface area (TPSA) is 131 Å². The predicted molar refractivity (Wildman–Crippen MR) is 110 cm³/mol. The number of rotatable bonds is 4. The van der Waals surface area contributed by atoms with Crippen molar-refractivity contribution in [3.63, 3.8) is 0 Å². The third kappa shape index (κ3) is 2.63. The molecule has 154 valence electrons. The number of aromatic amines is 1. The number of aliphatic hydroxyl groups excluding tert-OH is 1. The summed E-state index contributed by atoms with van der Waals surface area (Å²) in [7, 11) is 0. The van der Waals surface area contributed by atoms with Crippen LogP contribution in [0, 0.1) is 30.1 Å². The first kappa shape index (κ1) is 18.4. The molecule has 0 aliphatic heterocycles. The van der Waals surface area contributed by atoms with Gasteiger partial charge in [-0.3, -0.25) is 5.10 Å². The van der Waals surface area contributed by atoms with E-state index in [0.717, 1.165) is 12.1 Å². The fraction of sp³-hybridized carbons (Fsp3) is 0.600. The molecule has 3 aliphatic carbocycles. The lowest BCUT2D eigenvalue weighted by molar-refractivity contribution is -0.125. The van der Waals surface area contributed by atoms with Gasteiger partial charge in [0.1, 0.15) is 23.7 Å². The van der Waals surface area contributed by atoms with Crippen LogP contribution in [0.2, 0.25) is 0 Å². The minimum absolute atomic E-state index is 0.233. The second kappa shape index (κ2) is 6.16. The number of aryl methyl sites for hydroxylation is 1. The Morgan fingerprint density at radius 2 is 2.14 bits per heavy atom. The van der Waals surface area contributed by atoms with Gasteiger partial charge in [0.2, 0.25) is 0 Å². The zero-order chi connectivity index (χ0) is 20.5. The van der Waals surface area contributed by atoms with E-state index in [9.17, 15) is 5.11 Å². The van der Waals surface area contributed by atoms with Crippen molar-refractivity contribution in [2.75, 3.05) is 11.1 Å². The van der Waals surface area contributed by atoms with E-state index in [2.05, 4.69) is 46.3 Å². The predicted octanol–water partition coefficient (Wildman–Crippen LogP) is 2.79. The van der Waals surface area contributed by atoms with Crippen LogP contribution < -0.4 is 11.1 Å². The standard InChI is InChI=1S/C20H28N8O/c1-9-5-14(26-25-9)24-19(29)16-15-17(21)22-8-23-18(15)28(27-16)13-7-11-6-12(10(13)2)20(11,3)4/h5,8,10-13,19,29H,6-7H2,1-4H3,(H2,21,22,23)(H2,24,25,26)/t10-,11?,12?,13?,19?/m0/s1. The highest BCUT2D eigenvalue weighted by Gasteiger charge is 2.57. The molecule has 29 heavy (non-hydrogen) atoms. The van der Waals surface area contributed by atoms with E-state index in [0.29, 0.717) is 51.5 Å². The maximum absolute atomic E-state index is 10.9. The summed E-state index contributed by atoms with van der Waals surface area (Å²) in [5.74, 6) is 2.70. The van der Waals surface area contributed by atoms with Gasteiger partial charge < -0.3 is 16.2 Å². The Morgan fingerprint density at radius 1 is 1.34 bits per heavy atom. The summed E-state index contributed by atoms with van der Waals surface area (Å²) in [5, 5.41) is 26.3. The molecule has 3 aromatic heterocycles. The van der Waals surface area contributed by atoms with Crippen molar-refractivity contribution in [1.29, 1.82) is 0 Å². The SMILES string of the molecule is Cc1cc(NC(O)c2nn(C3CC4CC([C@@H]3C)C4(C)C)c3ncnc(N)c23)n[nH]1. The number of aromatic nitrogens is 6. The number of aliphatic hydroxyl groups is 1. The Balaban J connectivity index is 1.55. The van der Waals surface area contributed by atoms with Crippen molar-refractivity contribution in [2.24, 2.45) is 23.2 Å². The highest BCUT2D eigenvalue weighted by atomic mass is 16.3. The summed E-state index contributed by atoms with van der Waals surface area (Å²) in [6, 6.07) is 2.05. The van der Waals surface area contributed by atoms with E-state index < -0.39 is 6.23 Å². The van der Waals surface area contributed by atoms with E-state index >= 15 is 0 Å². The monoisotopic (exact) mass is 396 g/mol. The molecule has 0 aromatic carbocycles. The molecule has 2 bridgehead atoms. The number of nitrogens with zero attached hydrogens (tertiary/aromatic N) is 5. The van der Waals surface area contributed by atoms with Gasteiger partial charge in [-0.25, -0.2) is 14.6 Å². The molecule has 0 amide bonds. The van der Waals surface area contributed by atoms with E-state index in [1.807, 2.05) is 17.7 Å². The van der Waals surface area contributed by atoms with Gasteiger partial charge in [-0.15, -0.1) is 0 Å². The molecule has 0 spiro atoms. The summed E-state index contributed by atoms with van der Waals surface area (Å²) in [4.78, 5) is 8.63. The first-order valence-electron chi connectivity index (χ1n) is 10.2. The van der Waals surface area contributed by atoms with Gasteiger partial charge in [0.15, 0.2) is 11.9 Å². The van der Waals surface area contributed by atoms with Crippen molar-refractivity contribution < 1.29 is 5.11 Å². The van der Waals surface area contributed by atoms with Crippen molar-refractivity contribution in [1.82, 2.24) is 29.9 Å². The maximum atomic E-state index is 10.9. The Kier molecular flexibility index (Phi) is 3.90. The first-order chi connectivity index (χ1) is 13.8. The van der Waals surface area contributed by atoms with E-state index in [4.69, 9.17) is 10.8 Å². The zero-order valence-electron chi connectivity index (χ0n) is 17.2. The first-order valence-corrected chi connectivity index (χ1v) is 10.2. The molecular formula is C20H28N8O. The van der Waals surface area contributed by atoms with Crippen LogP contribution in [0.15, 0.2) is 12.4 Å². The number of H-pyrrole nitrogens is 1. The van der Waals surface area contributed by atoms with Crippen LogP contribution in [0.5, 0.6) is 0 Å². The van der Waals surface area contributed by atoms with Gasteiger partial charge in [0.25, 0.3) is 0 Å². The van der Waals surface area contributed by atoms with Crippen LogP contribution >= 0.6 is 0 Å². The molecule has 6 rings (SSSR count). The number of fused-ring (bicyclic) bond motifs is 3. The lowest BCUT2D eigenvalue weighted by Gasteiger charge is -2.61. The van der Waals surface area contributed by atoms with Crippen LogP contribution in [0.25, 0.3) is 11.0 Å². The van der Waals surface area contributed by atoms with E-state index in [1.54, 1.807) is 0 Å². The number of nitrogens with one attached hydrogen (secondary N) is 2. The summed E-state index contributed by atoms with van der Waals surface area (Å²) in [5.41, 5.74) is 8.58. The molecule has 0 radical (unpaired) electrons. The third-order valence-corrected chi connectivity index (χ3v) is 7.42. The largest absolute Gasteiger partial charge is 0.383 e. The summed E-state index contributed by atoms with van der Waals surface area (Å²) in [6.45, 7) is 8.97. The van der Waals surface area contributed by atoms with Gasteiger partial charge in [-0.1, -0.05) is 20.8 Å². The number of hydrogen-bond donors (Lipinski definition) is 4. The van der Waals surface area contributed by atoms with E-state index in [1.165, 1.54) is 12.7 Å². The van der Waals surface area contributed by atoms with Crippen LogP contribution in [0.1, 0.15) is 57.3 Å². The van der Waals surface area contributed by atoms with Gasteiger partial charge >= 0.3 is 0 Å². The number of nitrogen functional groups attached to an aromatic ring is 1. The Bertz CT molecular complexity index is 1070. The third-order valence-electron chi connectivity index (χ3n) is 7.42. The minimum Gasteiger partial charge on any atom is -0.383 e. The molecule has 3 aliphatic rings. The van der Waals surface area contributed by atoms with Crippen molar-refractivity contribution >= 4 is 22.7 Å². The zero-order valence-corrected chi connectivity index (χ0v) is 17.2. The second-order valence-electron chi connectivity index (χ2n) is 9.29. The molecule has 0 saturated heterocycles. The Labute approximate surface area is 169 Å². The molecule has 9 heteroatoms. The van der Waals surface area contributed by atoms with Crippen molar-refractivity contribution in [2.45, 2.75) is 52.8 Å². The average Bonchev–Trinajstić information content (AvgIpc) is 3.26. The normalized spacial score (nSPS) is 28.9. The minimum atomic E-state index is -1.07. The average molecular weight is 396 g/mol. The molecule has 4 unspecified atom stereocenters. The quantitative estimate of drug-likeness (QED) is 0.499. The fourth-order valence-corrected chi connectivity index (χ4v) is 5.59. The molecule has 3 fully saturated rings. The van der Waals surface area contributed by atoms with Crippen LogP contribution in [-0.2, 0) is 0 Å². The van der Waals surface area contributed by atoms with Gasteiger partial charge in [0, 0.05) is 11.8 Å². The summed E-state index contributed by atoms with van der Waals surface area (Å²) >= 11 is 0. The van der Waals surface area contributed by atoms with Crippen LogP contribution in [0.3, 0.4) is 0 Å². The number of nitrogens with two attached hydrogens (primary N) is 1. The van der Waals surface area contributed by atoms with E-state index in [-0.39, 0.29) is 6.04 Å². The lowest BCUT2D eigenvalue weighted by atomic mass is 9.45. The molecule has 3 aromatic rings. The van der Waals surface area contributed by atoms with Crippen LogP contribution in [-0.4, -0.2) is 35.1 Å². The van der Waals surface area contributed by atoms with Crippen molar-refractivity contribution in [3.8, 4) is 0 Å². The number of anilines is 2. The number of hydrogen-bond acceptors (Lipinski definition) is 7. The fourth-order valence-electron chi connectivity index (χ4n) is 5.59. The maximum Gasteiger partial charge on any atom is 0.171 e. The summed E-state index contributed by atoms with van der Waals surface area (Å²) in [6.07, 6.45) is 2.75. The van der Waals surface area contributed by atoms with Crippen molar-refractivity contribution in [3.05, 3.63) is 23.8 Å². The molecule has 9 nitrogen and oxygen atoms in total. The second-order valence-corrected chi connectivity index (χ2v) is 9.29. The highest BCUT2D eigenvalue weighted by molar-refractivity contribution is 5.88. The smallest absolute Gasteiger partial charge is 0.171 e. The molecular weight excluding hydrogens is 368 g/mol. The lowest BCUT2D eigenvalue weighted by Crippen LogP contribution is -2.55.